The molecule has 0 aliphatic heterocycles. The zero-order valence-corrected chi connectivity index (χ0v) is 15.0. The summed E-state index contributed by atoms with van der Waals surface area (Å²) in [5.74, 6) is -0.233. The molecule has 4 nitrogen and oxygen atoms in total. The Morgan fingerprint density at radius 3 is 2.70 bits per heavy atom. The molecule has 5 heteroatoms. The smallest absolute Gasteiger partial charge is 0.123 e. The molecule has 0 bridgehead atoms. The lowest BCUT2D eigenvalue weighted by molar-refractivity contribution is 0.624. The summed E-state index contributed by atoms with van der Waals surface area (Å²) >= 11 is 0. The second kappa shape index (κ2) is 8.93. The van der Waals surface area contributed by atoms with E-state index < -0.39 is 0 Å². The lowest BCUT2D eigenvalue weighted by Gasteiger charge is -2.26. The third kappa shape index (κ3) is 4.90. The van der Waals surface area contributed by atoms with Crippen LogP contribution in [0.15, 0.2) is 66.9 Å². The predicted molar refractivity (Wildman–Crippen MR) is 104 cm³/mol. The number of nitrogens with zero attached hydrogens (tertiary/aromatic N) is 3. The number of anilines is 1. The largest absolute Gasteiger partial charge is 0.367 e. The Balaban J connectivity index is 1.87. The molecule has 136 valence electrons. The highest BCUT2D eigenvalue weighted by Gasteiger charge is 2.12. The summed E-state index contributed by atoms with van der Waals surface area (Å²) in [6.45, 7) is 1.66. The fourth-order valence-corrected chi connectivity index (χ4v) is 3.03. The van der Waals surface area contributed by atoms with Gasteiger partial charge in [-0.1, -0.05) is 24.3 Å². The van der Waals surface area contributed by atoms with Gasteiger partial charge in [0, 0.05) is 31.5 Å². The Kier molecular flexibility index (Phi) is 6.14. The van der Waals surface area contributed by atoms with Crippen molar-refractivity contribution < 1.29 is 4.39 Å². The molecule has 0 saturated heterocycles. The first-order chi connectivity index (χ1) is 13.2. The molecule has 0 unspecified atom stereocenters. The van der Waals surface area contributed by atoms with E-state index in [1.54, 1.807) is 24.4 Å². The minimum atomic E-state index is -0.233. The predicted octanol–water partition coefficient (Wildman–Crippen LogP) is 3.80. The van der Waals surface area contributed by atoms with E-state index in [0.29, 0.717) is 31.6 Å². The summed E-state index contributed by atoms with van der Waals surface area (Å²) in [4.78, 5) is 6.52. The highest BCUT2D eigenvalue weighted by atomic mass is 19.1. The van der Waals surface area contributed by atoms with Gasteiger partial charge in [-0.25, -0.2) is 4.39 Å². The van der Waals surface area contributed by atoms with Gasteiger partial charge in [0.2, 0.25) is 0 Å². The van der Waals surface area contributed by atoms with Gasteiger partial charge in [0.1, 0.15) is 5.82 Å². The minimum absolute atomic E-state index is 0.233. The van der Waals surface area contributed by atoms with Gasteiger partial charge >= 0.3 is 0 Å². The summed E-state index contributed by atoms with van der Waals surface area (Å²) in [6.07, 6.45) is 2.42. The SMILES string of the molecule is N#Cc1cccc(N(CCc2cccc(F)c2)Cc2cccnc2CN)c1. The Labute approximate surface area is 158 Å². The van der Waals surface area contributed by atoms with Crippen LogP contribution in [0.4, 0.5) is 10.1 Å². The van der Waals surface area contributed by atoms with Crippen LogP contribution in [0.25, 0.3) is 0 Å². The average molecular weight is 360 g/mol. The summed E-state index contributed by atoms with van der Waals surface area (Å²) < 4.78 is 13.5. The fourth-order valence-electron chi connectivity index (χ4n) is 3.03. The Morgan fingerprint density at radius 2 is 1.93 bits per heavy atom. The number of halogens is 1. The Morgan fingerprint density at radius 1 is 1.07 bits per heavy atom. The summed E-state index contributed by atoms with van der Waals surface area (Å²) in [5, 5.41) is 9.22. The van der Waals surface area contributed by atoms with Crippen molar-refractivity contribution in [2.45, 2.75) is 19.5 Å². The van der Waals surface area contributed by atoms with Crippen LogP contribution in [0, 0.1) is 17.1 Å². The first-order valence-corrected chi connectivity index (χ1v) is 8.82. The Bertz CT molecular complexity index is 949. The first-order valence-electron chi connectivity index (χ1n) is 8.82. The van der Waals surface area contributed by atoms with E-state index in [1.165, 1.54) is 6.07 Å². The van der Waals surface area contributed by atoms with Gasteiger partial charge in [-0.2, -0.15) is 5.26 Å². The molecule has 0 aliphatic rings. The van der Waals surface area contributed by atoms with Crippen LogP contribution in [0.2, 0.25) is 0 Å². The highest BCUT2D eigenvalue weighted by Crippen LogP contribution is 2.21. The topological polar surface area (TPSA) is 65.9 Å². The molecule has 0 radical (unpaired) electrons. The van der Waals surface area contributed by atoms with E-state index >= 15 is 0 Å². The number of aromatic nitrogens is 1. The average Bonchev–Trinajstić information content (AvgIpc) is 2.71. The van der Waals surface area contributed by atoms with Crippen molar-refractivity contribution in [3.63, 3.8) is 0 Å². The third-order valence-electron chi connectivity index (χ3n) is 4.44. The van der Waals surface area contributed by atoms with E-state index in [9.17, 15) is 9.65 Å². The molecule has 0 spiro atoms. The van der Waals surface area contributed by atoms with Crippen molar-refractivity contribution in [2.75, 3.05) is 11.4 Å². The number of hydrogen-bond acceptors (Lipinski definition) is 4. The zero-order chi connectivity index (χ0) is 19.1. The molecular formula is C22H21FN4. The van der Waals surface area contributed by atoms with Gasteiger partial charge in [-0.15, -0.1) is 0 Å². The standard InChI is InChI=1S/C22H21FN4/c23-20-7-1-4-17(12-20)9-11-27(21-8-2-5-18(13-21)14-24)16-19-6-3-10-26-22(19)15-25/h1-8,10,12-13H,9,11,15-16,25H2. The molecule has 2 N–H and O–H groups in total. The second-order valence-corrected chi connectivity index (χ2v) is 6.28. The molecule has 1 aromatic heterocycles. The maximum Gasteiger partial charge on any atom is 0.123 e. The van der Waals surface area contributed by atoms with Crippen molar-refractivity contribution >= 4 is 5.69 Å². The van der Waals surface area contributed by atoms with Crippen molar-refractivity contribution in [2.24, 2.45) is 5.73 Å². The van der Waals surface area contributed by atoms with Crippen LogP contribution < -0.4 is 10.6 Å². The van der Waals surface area contributed by atoms with Crippen LogP contribution in [-0.2, 0) is 19.5 Å². The van der Waals surface area contributed by atoms with Crippen molar-refractivity contribution in [1.29, 1.82) is 5.26 Å². The van der Waals surface area contributed by atoms with Crippen molar-refractivity contribution in [3.05, 3.63) is 95.1 Å². The van der Waals surface area contributed by atoms with Crippen LogP contribution >= 0.6 is 0 Å². The molecule has 0 saturated carbocycles. The van der Waals surface area contributed by atoms with Crippen molar-refractivity contribution in [3.8, 4) is 6.07 Å². The molecular weight excluding hydrogens is 339 g/mol. The van der Waals surface area contributed by atoms with E-state index in [4.69, 9.17) is 5.73 Å². The van der Waals surface area contributed by atoms with E-state index in [0.717, 1.165) is 22.5 Å². The lowest BCUT2D eigenvalue weighted by Crippen LogP contribution is -2.26. The van der Waals surface area contributed by atoms with Crippen LogP contribution in [-0.4, -0.2) is 11.5 Å². The van der Waals surface area contributed by atoms with E-state index in [2.05, 4.69) is 16.0 Å². The number of nitrogens with two attached hydrogens (primary N) is 1. The highest BCUT2D eigenvalue weighted by molar-refractivity contribution is 5.52. The zero-order valence-electron chi connectivity index (χ0n) is 15.0. The third-order valence-corrected chi connectivity index (χ3v) is 4.44. The summed E-state index contributed by atoms with van der Waals surface area (Å²) in [7, 11) is 0. The van der Waals surface area contributed by atoms with Gasteiger partial charge in [0.25, 0.3) is 0 Å². The lowest BCUT2D eigenvalue weighted by atomic mass is 10.1. The molecule has 0 atom stereocenters. The number of nitriles is 1. The molecule has 0 aliphatic carbocycles. The summed E-state index contributed by atoms with van der Waals surface area (Å²) in [5.41, 5.74) is 10.2. The van der Waals surface area contributed by atoms with Gasteiger partial charge in [0.15, 0.2) is 0 Å². The Hall–Kier alpha value is -3.23. The summed E-state index contributed by atoms with van der Waals surface area (Å²) in [6, 6.07) is 20.2. The number of pyridine rings is 1. The normalized spacial score (nSPS) is 10.4. The quantitative estimate of drug-likeness (QED) is 0.696. The molecule has 3 aromatic rings. The van der Waals surface area contributed by atoms with Gasteiger partial charge < -0.3 is 10.6 Å². The van der Waals surface area contributed by atoms with Crippen LogP contribution in [0.3, 0.4) is 0 Å². The molecule has 1 heterocycles. The maximum atomic E-state index is 13.5. The van der Waals surface area contributed by atoms with E-state index in [1.807, 2.05) is 36.4 Å². The number of benzene rings is 2. The van der Waals surface area contributed by atoms with Crippen LogP contribution in [0.5, 0.6) is 0 Å². The molecule has 27 heavy (non-hydrogen) atoms. The minimum Gasteiger partial charge on any atom is -0.367 e. The number of hydrogen-bond donors (Lipinski definition) is 1. The van der Waals surface area contributed by atoms with Crippen molar-refractivity contribution in [1.82, 2.24) is 4.98 Å². The van der Waals surface area contributed by atoms with Gasteiger partial charge in [0.05, 0.1) is 17.3 Å². The molecule has 3 rings (SSSR count). The fraction of sp³-hybridized carbons (Fsp3) is 0.182. The van der Waals surface area contributed by atoms with E-state index in [-0.39, 0.29) is 5.82 Å². The number of rotatable bonds is 7. The molecule has 2 aromatic carbocycles. The van der Waals surface area contributed by atoms with Gasteiger partial charge in [-0.05, 0) is 53.9 Å². The van der Waals surface area contributed by atoms with Crippen LogP contribution in [0.1, 0.15) is 22.4 Å². The molecule has 0 fully saturated rings. The second-order valence-electron chi connectivity index (χ2n) is 6.28. The van der Waals surface area contributed by atoms with Gasteiger partial charge in [-0.3, -0.25) is 4.98 Å². The monoisotopic (exact) mass is 360 g/mol. The molecule has 0 amide bonds. The maximum absolute atomic E-state index is 13.5. The first kappa shape index (κ1) is 18.6.